The molecule has 0 saturated carbocycles. The van der Waals surface area contributed by atoms with E-state index in [9.17, 15) is 9.59 Å². The maximum atomic E-state index is 11.9. The average Bonchev–Trinajstić information content (AvgIpc) is 2.36. The number of hydrogen-bond donors (Lipinski definition) is 0. The highest BCUT2D eigenvalue weighted by Gasteiger charge is 2.32. The zero-order chi connectivity index (χ0) is 15.3. The lowest BCUT2D eigenvalue weighted by molar-refractivity contribution is -0.142. The quantitative estimate of drug-likeness (QED) is 0.690. The van der Waals surface area contributed by atoms with E-state index in [1.54, 1.807) is 25.7 Å². The zero-order valence-electron chi connectivity index (χ0n) is 12.4. The Morgan fingerprint density at radius 1 is 1.35 bits per heavy atom. The summed E-state index contributed by atoms with van der Waals surface area (Å²) in [6.07, 6.45) is -0.435. The van der Waals surface area contributed by atoms with Crippen molar-refractivity contribution in [3.63, 3.8) is 0 Å². The number of piperazine rings is 1. The highest BCUT2D eigenvalue weighted by atomic mass is 16.6. The van der Waals surface area contributed by atoms with Crippen molar-refractivity contribution >= 4 is 12.1 Å². The van der Waals surface area contributed by atoms with E-state index in [1.807, 2.05) is 0 Å². The summed E-state index contributed by atoms with van der Waals surface area (Å²) < 4.78 is 9.87. The minimum atomic E-state index is -0.567. The van der Waals surface area contributed by atoms with Crippen molar-refractivity contribution in [2.45, 2.75) is 32.4 Å². The minimum Gasteiger partial charge on any atom is -0.468 e. The summed E-state index contributed by atoms with van der Waals surface area (Å²) in [5, 5.41) is 9.16. The van der Waals surface area contributed by atoms with Crippen molar-refractivity contribution in [3.8, 4) is 6.07 Å². The molecule has 1 aliphatic rings. The first kappa shape index (κ1) is 16.2. The maximum absolute atomic E-state index is 11.9. The molecule has 0 aromatic heterocycles. The second-order valence-corrected chi connectivity index (χ2v) is 5.62. The predicted octanol–water partition coefficient (Wildman–Crippen LogP) is 0.604. The molecule has 0 aromatic carbocycles. The summed E-state index contributed by atoms with van der Waals surface area (Å²) >= 11 is 0. The van der Waals surface area contributed by atoms with Gasteiger partial charge in [0.05, 0.1) is 26.3 Å². The molecule has 0 radical (unpaired) electrons. The highest BCUT2D eigenvalue weighted by Crippen LogP contribution is 2.14. The van der Waals surface area contributed by atoms with E-state index < -0.39 is 23.7 Å². The largest absolute Gasteiger partial charge is 0.468 e. The van der Waals surface area contributed by atoms with Gasteiger partial charge >= 0.3 is 12.1 Å². The Hall–Kier alpha value is -1.81. The number of nitrogens with zero attached hydrogens (tertiary/aromatic N) is 3. The Balaban J connectivity index is 2.61. The van der Waals surface area contributed by atoms with Crippen molar-refractivity contribution < 1.29 is 19.1 Å². The number of amides is 1. The molecule has 1 saturated heterocycles. The lowest BCUT2D eigenvalue weighted by Crippen LogP contribution is -2.56. The first-order valence-electron chi connectivity index (χ1n) is 6.45. The summed E-state index contributed by atoms with van der Waals surface area (Å²) in [7, 11) is 1.31. The fraction of sp³-hybridized carbons (Fsp3) is 0.769. The van der Waals surface area contributed by atoms with Crippen molar-refractivity contribution in [1.29, 1.82) is 5.26 Å². The number of carbonyl (C=O) groups is 2. The normalized spacial score (nSPS) is 20.1. The van der Waals surface area contributed by atoms with Crippen LogP contribution in [0.3, 0.4) is 0 Å². The Labute approximate surface area is 119 Å². The van der Waals surface area contributed by atoms with Crippen LogP contribution >= 0.6 is 0 Å². The molecule has 1 fully saturated rings. The van der Waals surface area contributed by atoms with E-state index >= 15 is 0 Å². The van der Waals surface area contributed by atoms with Crippen molar-refractivity contribution in [3.05, 3.63) is 0 Å². The van der Waals surface area contributed by atoms with Gasteiger partial charge in [-0.2, -0.15) is 5.26 Å². The molecule has 7 nitrogen and oxygen atoms in total. The Kier molecular flexibility index (Phi) is 5.34. The molecule has 0 aromatic rings. The third kappa shape index (κ3) is 4.70. The number of hydrogen-bond acceptors (Lipinski definition) is 6. The summed E-state index contributed by atoms with van der Waals surface area (Å²) in [5.74, 6) is -0.393. The molecule has 0 spiro atoms. The van der Waals surface area contributed by atoms with Crippen LogP contribution in [0.15, 0.2) is 0 Å². The molecule has 7 heteroatoms. The average molecular weight is 283 g/mol. The monoisotopic (exact) mass is 283 g/mol. The van der Waals surface area contributed by atoms with Crippen LogP contribution in [0, 0.1) is 11.3 Å². The number of methoxy groups -OCH3 is 1. The predicted molar refractivity (Wildman–Crippen MR) is 70.8 cm³/mol. The fourth-order valence-corrected chi connectivity index (χ4v) is 1.85. The van der Waals surface area contributed by atoms with Crippen molar-refractivity contribution in [2.75, 3.05) is 33.3 Å². The molecule has 1 amide bonds. The van der Waals surface area contributed by atoms with Gasteiger partial charge in [0, 0.05) is 13.1 Å². The number of rotatable bonds is 2. The first-order chi connectivity index (χ1) is 9.26. The van der Waals surface area contributed by atoms with Crippen LogP contribution in [0.5, 0.6) is 0 Å². The van der Waals surface area contributed by atoms with Gasteiger partial charge in [-0.3, -0.25) is 9.69 Å². The Bertz CT molecular complexity index is 411. The number of ether oxygens (including phenoxy) is 2. The zero-order valence-corrected chi connectivity index (χ0v) is 12.4. The van der Waals surface area contributed by atoms with Crippen LogP contribution in [0.1, 0.15) is 20.8 Å². The molecule has 0 N–H and O–H groups in total. The van der Waals surface area contributed by atoms with Gasteiger partial charge in [0.1, 0.15) is 11.6 Å². The van der Waals surface area contributed by atoms with Crippen LogP contribution in [-0.4, -0.2) is 66.8 Å². The van der Waals surface area contributed by atoms with Gasteiger partial charge in [-0.25, -0.2) is 4.79 Å². The third-order valence-electron chi connectivity index (χ3n) is 2.85. The lowest BCUT2D eigenvalue weighted by atomic mass is 10.2. The van der Waals surface area contributed by atoms with Crippen LogP contribution in [0.25, 0.3) is 0 Å². The molecule has 1 rings (SSSR count). The SMILES string of the molecule is COC(=O)CN1CCN(C(=O)OC(C)(C)C)C[C@H]1C#N. The summed E-state index contributed by atoms with van der Waals surface area (Å²) in [5.41, 5.74) is -0.567. The van der Waals surface area contributed by atoms with Gasteiger partial charge in [0.2, 0.25) is 0 Å². The van der Waals surface area contributed by atoms with Gasteiger partial charge < -0.3 is 14.4 Å². The third-order valence-corrected chi connectivity index (χ3v) is 2.85. The molecule has 20 heavy (non-hydrogen) atoms. The smallest absolute Gasteiger partial charge is 0.410 e. The van der Waals surface area contributed by atoms with Crippen molar-refractivity contribution in [1.82, 2.24) is 9.80 Å². The second-order valence-electron chi connectivity index (χ2n) is 5.62. The molecular weight excluding hydrogens is 262 g/mol. The number of esters is 1. The van der Waals surface area contributed by atoms with Crippen LogP contribution in [0.2, 0.25) is 0 Å². The topological polar surface area (TPSA) is 82.9 Å². The molecule has 0 aliphatic carbocycles. The molecule has 1 heterocycles. The van der Waals surface area contributed by atoms with E-state index in [2.05, 4.69) is 10.8 Å². The van der Waals surface area contributed by atoms with Gasteiger partial charge in [0.25, 0.3) is 0 Å². The number of carbonyl (C=O) groups excluding carboxylic acids is 2. The van der Waals surface area contributed by atoms with Gasteiger partial charge in [-0.05, 0) is 20.8 Å². The molecular formula is C13H21N3O4. The van der Waals surface area contributed by atoms with E-state index in [0.29, 0.717) is 13.1 Å². The summed E-state index contributed by atoms with van der Waals surface area (Å²) in [4.78, 5) is 26.4. The Morgan fingerprint density at radius 3 is 2.50 bits per heavy atom. The van der Waals surface area contributed by atoms with Gasteiger partial charge in [0.15, 0.2) is 0 Å². The van der Waals surface area contributed by atoms with E-state index in [4.69, 9.17) is 10.00 Å². The molecule has 0 bridgehead atoms. The maximum Gasteiger partial charge on any atom is 0.410 e. The Morgan fingerprint density at radius 2 is 2.00 bits per heavy atom. The summed E-state index contributed by atoms with van der Waals surface area (Å²) in [6, 6.07) is 1.57. The number of nitriles is 1. The minimum absolute atomic E-state index is 0.0525. The molecule has 1 aliphatic heterocycles. The van der Waals surface area contributed by atoms with E-state index in [0.717, 1.165) is 0 Å². The van der Waals surface area contributed by atoms with E-state index in [-0.39, 0.29) is 13.1 Å². The van der Waals surface area contributed by atoms with E-state index in [1.165, 1.54) is 12.0 Å². The fourth-order valence-electron chi connectivity index (χ4n) is 1.85. The standard InChI is InChI=1S/C13H21N3O4/c1-13(2,3)20-12(18)16-6-5-15(9-11(17)19-4)10(7-14)8-16/h10H,5-6,8-9H2,1-4H3/t10-/m1/s1. The second kappa shape index (κ2) is 6.57. The van der Waals surface area contributed by atoms with Crippen LogP contribution < -0.4 is 0 Å². The first-order valence-corrected chi connectivity index (χ1v) is 6.45. The molecule has 1 atom stereocenters. The van der Waals surface area contributed by atoms with Crippen LogP contribution in [0.4, 0.5) is 4.79 Å². The van der Waals surface area contributed by atoms with Crippen LogP contribution in [-0.2, 0) is 14.3 Å². The molecule has 112 valence electrons. The highest BCUT2D eigenvalue weighted by molar-refractivity contribution is 5.72. The van der Waals surface area contributed by atoms with Gasteiger partial charge in [-0.15, -0.1) is 0 Å². The van der Waals surface area contributed by atoms with Crippen molar-refractivity contribution in [2.24, 2.45) is 0 Å². The molecule has 0 unspecified atom stereocenters. The van der Waals surface area contributed by atoms with Gasteiger partial charge in [-0.1, -0.05) is 0 Å². The lowest BCUT2D eigenvalue weighted by Gasteiger charge is -2.38. The summed E-state index contributed by atoms with van der Waals surface area (Å²) in [6.45, 7) is 6.51.